The van der Waals surface area contributed by atoms with Crippen molar-refractivity contribution >= 4 is 35.0 Å². The Hall–Kier alpha value is -1.54. The number of methoxy groups -OCH3 is 1. The topological polar surface area (TPSA) is 79.9 Å². The second-order valence-corrected chi connectivity index (χ2v) is 5.31. The van der Waals surface area contributed by atoms with Gasteiger partial charge < -0.3 is 4.74 Å². The molecule has 0 unspecified atom stereocenters. The smallest absolute Gasteiger partial charge is 0.336 e. The average molecular weight is 284 g/mol. The molecular formula is C10H12N4O2S2. The van der Waals surface area contributed by atoms with Crippen LogP contribution in [0.2, 0.25) is 0 Å². The summed E-state index contributed by atoms with van der Waals surface area (Å²) in [5.74, 6) is 1.40. The lowest BCUT2D eigenvalue weighted by molar-refractivity contribution is -0.113. The number of nitrogens with zero attached hydrogens (tertiary/aromatic N) is 2. The van der Waals surface area contributed by atoms with E-state index in [0.29, 0.717) is 11.7 Å². The number of aromatic amines is 1. The molecule has 0 aromatic carbocycles. The number of H-pyrrole nitrogens is 1. The molecule has 96 valence electrons. The molecule has 2 aromatic rings. The Kier molecular flexibility index (Phi) is 4.59. The highest BCUT2D eigenvalue weighted by Crippen LogP contribution is 2.17. The molecule has 1 amide bonds. The zero-order valence-electron chi connectivity index (χ0n) is 9.67. The molecule has 0 fully saturated rings. The van der Waals surface area contributed by atoms with Gasteiger partial charge in [-0.05, 0) is 11.4 Å². The molecule has 2 heterocycles. The highest BCUT2D eigenvalue weighted by Gasteiger charge is 2.07. The molecule has 0 spiro atoms. The molecule has 2 N–H and O–H groups in total. The van der Waals surface area contributed by atoms with Gasteiger partial charge in [-0.2, -0.15) is 4.98 Å². The van der Waals surface area contributed by atoms with Gasteiger partial charge in [0.15, 0.2) is 0 Å². The Bertz CT molecular complexity index is 498. The van der Waals surface area contributed by atoms with Gasteiger partial charge >= 0.3 is 6.01 Å². The van der Waals surface area contributed by atoms with E-state index in [9.17, 15) is 4.79 Å². The number of amides is 1. The number of carbonyl (C=O) groups excluding carboxylic acids is 1. The van der Waals surface area contributed by atoms with Crippen LogP contribution in [0.4, 0.5) is 5.95 Å². The minimum absolute atomic E-state index is 0.115. The van der Waals surface area contributed by atoms with Crippen molar-refractivity contribution in [2.75, 3.05) is 18.2 Å². The highest BCUT2D eigenvalue weighted by molar-refractivity contribution is 7.99. The van der Waals surface area contributed by atoms with E-state index in [-0.39, 0.29) is 11.9 Å². The first-order valence-electron chi connectivity index (χ1n) is 5.14. The summed E-state index contributed by atoms with van der Waals surface area (Å²) in [6.07, 6.45) is 0. The maximum Gasteiger partial charge on any atom is 0.336 e. The molecule has 0 saturated carbocycles. The van der Waals surface area contributed by atoms with Gasteiger partial charge in [0.25, 0.3) is 0 Å². The largest absolute Gasteiger partial charge is 0.466 e. The summed E-state index contributed by atoms with van der Waals surface area (Å²) in [6.45, 7) is 0. The number of rotatable bonds is 6. The summed E-state index contributed by atoms with van der Waals surface area (Å²) in [4.78, 5) is 16.7. The van der Waals surface area contributed by atoms with Crippen molar-refractivity contribution < 1.29 is 9.53 Å². The lowest BCUT2D eigenvalue weighted by Crippen LogP contribution is -2.15. The number of hydrogen-bond acceptors (Lipinski definition) is 6. The summed E-state index contributed by atoms with van der Waals surface area (Å²) in [7, 11) is 1.46. The van der Waals surface area contributed by atoms with E-state index in [2.05, 4.69) is 26.6 Å². The molecule has 18 heavy (non-hydrogen) atoms. The minimum atomic E-state index is -0.115. The lowest BCUT2D eigenvalue weighted by atomic mass is 10.5. The molecule has 0 saturated heterocycles. The number of ether oxygens (including phenoxy) is 1. The monoisotopic (exact) mass is 284 g/mol. The normalized spacial score (nSPS) is 10.3. The molecule has 8 heteroatoms. The predicted molar refractivity (Wildman–Crippen MR) is 72.0 cm³/mol. The van der Waals surface area contributed by atoms with Crippen LogP contribution in [0, 0.1) is 0 Å². The van der Waals surface area contributed by atoms with Gasteiger partial charge in [-0.1, -0.05) is 6.07 Å². The predicted octanol–water partition coefficient (Wildman–Crippen LogP) is 1.75. The molecule has 0 aliphatic rings. The van der Waals surface area contributed by atoms with Crippen LogP contribution in [0.1, 0.15) is 4.88 Å². The van der Waals surface area contributed by atoms with Crippen LogP contribution in [0.25, 0.3) is 0 Å². The van der Waals surface area contributed by atoms with Gasteiger partial charge in [0.1, 0.15) is 0 Å². The van der Waals surface area contributed by atoms with Crippen LogP contribution in [-0.4, -0.2) is 34.0 Å². The van der Waals surface area contributed by atoms with Crippen LogP contribution in [0.3, 0.4) is 0 Å². The molecule has 0 bridgehead atoms. The van der Waals surface area contributed by atoms with E-state index in [1.165, 1.54) is 12.0 Å². The molecule has 2 rings (SSSR count). The second kappa shape index (κ2) is 6.41. The quantitative estimate of drug-likeness (QED) is 0.844. The van der Waals surface area contributed by atoms with Crippen molar-refractivity contribution in [2.45, 2.75) is 5.75 Å². The van der Waals surface area contributed by atoms with Crippen LogP contribution in [0.15, 0.2) is 17.5 Å². The molecule has 0 atom stereocenters. The van der Waals surface area contributed by atoms with E-state index >= 15 is 0 Å². The fourth-order valence-corrected chi connectivity index (χ4v) is 2.87. The molecule has 6 nitrogen and oxygen atoms in total. The van der Waals surface area contributed by atoms with Crippen LogP contribution >= 0.6 is 23.1 Å². The molecule has 0 radical (unpaired) electrons. The number of hydrogen-bond donors (Lipinski definition) is 2. The van der Waals surface area contributed by atoms with Gasteiger partial charge in [0, 0.05) is 10.6 Å². The third-order valence-corrected chi connectivity index (χ3v) is 4.00. The summed E-state index contributed by atoms with van der Waals surface area (Å²) in [5, 5.41) is 10.9. The Morgan fingerprint density at radius 2 is 2.56 bits per heavy atom. The number of anilines is 1. The third kappa shape index (κ3) is 3.74. The first-order chi connectivity index (χ1) is 8.78. The summed E-state index contributed by atoms with van der Waals surface area (Å²) < 4.78 is 4.80. The van der Waals surface area contributed by atoms with Crippen molar-refractivity contribution in [1.29, 1.82) is 0 Å². The maximum absolute atomic E-state index is 11.6. The van der Waals surface area contributed by atoms with E-state index in [1.807, 2.05) is 11.4 Å². The zero-order valence-corrected chi connectivity index (χ0v) is 11.3. The van der Waals surface area contributed by atoms with Crippen LogP contribution in [0.5, 0.6) is 6.01 Å². The van der Waals surface area contributed by atoms with Crippen molar-refractivity contribution in [3.05, 3.63) is 22.4 Å². The van der Waals surface area contributed by atoms with Gasteiger partial charge in [0.2, 0.25) is 11.9 Å². The van der Waals surface area contributed by atoms with E-state index in [0.717, 1.165) is 5.75 Å². The summed E-state index contributed by atoms with van der Waals surface area (Å²) in [6, 6.07) is 4.26. The Balaban J connectivity index is 1.71. The molecule has 2 aromatic heterocycles. The molecule has 0 aliphatic heterocycles. The summed E-state index contributed by atoms with van der Waals surface area (Å²) in [5.41, 5.74) is 0. The molecular weight excluding hydrogens is 272 g/mol. The third-order valence-electron chi connectivity index (χ3n) is 1.96. The van der Waals surface area contributed by atoms with Crippen molar-refractivity contribution in [2.24, 2.45) is 0 Å². The number of thioether (sulfide) groups is 1. The lowest BCUT2D eigenvalue weighted by Gasteiger charge is -2.00. The standard InChI is InChI=1S/C10H12N4O2S2/c1-16-10-12-9(13-14-10)11-8(15)6-17-5-7-3-2-4-18-7/h2-4H,5-6H2,1H3,(H2,11,12,13,14,15). The minimum Gasteiger partial charge on any atom is -0.466 e. The first-order valence-corrected chi connectivity index (χ1v) is 7.17. The van der Waals surface area contributed by atoms with Crippen molar-refractivity contribution in [3.8, 4) is 6.01 Å². The Morgan fingerprint density at radius 1 is 1.67 bits per heavy atom. The SMILES string of the molecule is COc1n[nH]c(NC(=O)CSCc2cccs2)n1. The number of nitrogens with one attached hydrogen (secondary N) is 2. The van der Waals surface area contributed by atoms with Gasteiger partial charge in [-0.3, -0.25) is 10.1 Å². The summed E-state index contributed by atoms with van der Waals surface area (Å²) >= 11 is 3.24. The Morgan fingerprint density at radius 3 is 3.22 bits per heavy atom. The first kappa shape index (κ1) is 12.9. The fourth-order valence-electron chi connectivity index (χ4n) is 1.20. The fraction of sp³-hybridized carbons (Fsp3) is 0.300. The van der Waals surface area contributed by atoms with Crippen LogP contribution < -0.4 is 10.1 Å². The van der Waals surface area contributed by atoms with Gasteiger partial charge in [-0.15, -0.1) is 28.2 Å². The number of thiophene rings is 1. The zero-order chi connectivity index (χ0) is 12.8. The van der Waals surface area contributed by atoms with Crippen molar-refractivity contribution in [3.63, 3.8) is 0 Å². The average Bonchev–Trinajstić information content (AvgIpc) is 3.00. The van der Waals surface area contributed by atoms with Crippen LogP contribution in [-0.2, 0) is 10.5 Å². The maximum atomic E-state index is 11.6. The Labute approximate surface area is 112 Å². The second-order valence-electron chi connectivity index (χ2n) is 3.29. The van der Waals surface area contributed by atoms with E-state index in [1.54, 1.807) is 23.1 Å². The highest BCUT2D eigenvalue weighted by atomic mass is 32.2. The van der Waals surface area contributed by atoms with E-state index in [4.69, 9.17) is 4.74 Å². The van der Waals surface area contributed by atoms with Crippen molar-refractivity contribution in [1.82, 2.24) is 15.2 Å². The van der Waals surface area contributed by atoms with Gasteiger partial charge in [0.05, 0.1) is 12.9 Å². The van der Waals surface area contributed by atoms with E-state index < -0.39 is 0 Å². The number of aromatic nitrogens is 3. The number of carbonyl (C=O) groups is 1. The van der Waals surface area contributed by atoms with Gasteiger partial charge in [-0.25, -0.2) is 5.10 Å². The molecule has 0 aliphatic carbocycles.